The summed E-state index contributed by atoms with van der Waals surface area (Å²) in [6.45, 7) is 6.37. The number of halogens is 1. The van der Waals surface area contributed by atoms with Crippen LogP contribution in [0.4, 0.5) is 0 Å². The van der Waals surface area contributed by atoms with E-state index in [0.717, 1.165) is 50.3 Å². The molecular weight excluding hydrogens is 450 g/mol. The largest absolute Gasteiger partial charge is 0.494 e. The van der Waals surface area contributed by atoms with E-state index in [1.54, 1.807) is 6.20 Å². The van der Waals surface area contributed by atoms with E-state index in [1.165, 1.54) is 5.56 Å². The van der Waals surface area contributed by atoms with Crippen molar-refractivity contribution in [3.63, 3.8) is 0 Å². The van der Waals surface area contributed by atoms with Crippen LogP contribution in [0.1, 0.15) is 36.8 Å². The highest BCUT2D eigenvalue weighted by atomic mass is 35.5. The molecule has 0 amide bonds. The van der Waals surface area contributed by atoms with E-state index in [0.29, 0.717) is 30.2 Å². The molecule has 4 rings (SSSR count). The minimum atomic E-state index is -0.846. The number of benzene rings is 2. The molecule has 2 aromatic carbocycles. The highest BCUT2D eigenvalue weighted by Gasteiger charge is 2.31. The lowest BCUT2D eigenvalue weighted by Gasteiger charge is -2.27. The van der Waals surface area contributed by atoms with Gasteiger partial charge in [-0.2, -0.15) is 5.10 Å². The molecule has 1 atom stereocenters. The van der Waals surface area contributed by atoms with Crippen LogP contribution in [0.25, 0.3) is 0 Å². The number of hydrogen-bond acceptors (Lipinski definition) is 5. The Morgan fingerprint density at radius 2 is 2.00 bits per heavy atom. The lowest BCUT2D eigenvalue weighted by atomic mass is 9.96. The number of ether oxygens (including phenoxy) is 2. The standard InChI is InChI=1S/C27H34ClN3O3/c1-22-8-9-25(28)26(18-22)34-21-27(32)10-3-13-30(16-11-27)20-23-6-2-7-24(19-23)33-17-5-15-31-14-4-12-29-31/h2,4,6-9,12,14,18-19,32H,3,5,10-11,13,15-17,20-21H2,1H3/t27-/m0/s1. The molecule has 182 valence electrons. The second-order valence-electron chi connectivity index (χ2n) is 9.20. The Morgan fingerprint density at radius 3 is 2.85 bits per heavy atom. The summed E-state index contributed by atoms with van der Waals surface area (Å²) in [7, 11) is 0. The number of hydrogen-bond donors (Lipinski definition) is 1. The molecule has 3 aromatic rings. The van der Waals surface area contributed by atoms with Gasteiger partial charge in [0, 0.05) is 38.4 Å². The van der Waals surface area contributed by atoms with E-state index in [1.807, 2.05) is 54.2 Å². The molecule has 0 spiro atoms. The van der Waals surface area contributed by atoms with Gasteiger partial charge in [-0.15, -0.1) is 0 Å². The zero-order valence-corrected chi connectivity index (χ0v) is 20.6. The molecule has 0 unspecified atom stereocenters. The zero-order valence-electron chi connectivity index (χ0n) is 19.8. The smallest absolute Gasteiger partial charge is 0.138 e. The summed E-state index contributed by atoms with van der Waals surface area (Å²) in [6, 6.07) is 15.9. The minimum absolute atomic E-state index is 0.256. The average molecular weight is 484 g/mol. The summed E-state index contributed by atoms with van der Waals surface area (Å²) in [5.41, 5.74) is 1.46. The Hall–Kier alpha value is -2.54. The molecule has 1 aromatic heterocycles. The molecule has 7 heteroatoms. The maximum Gasteiger partial charge on any atom is 0.138 e. The lowest BCUT2D eigenvalue weighted by Crippen LogP contribution is -2.37. The van der Waals surface area contributed by atoms with Gasteiger partial charge in [-0.1, -0.05) is 29.8 Å². The van der Waals surface area contributed by atoms with E-state index in [9.17, 15) is 5.11 Å². The van der Waals surface area contributed by atoms with Crippen LogP contribution in [-0.2, 0) is 13.1 Å². The van der Waals surface area contributed by atoms with Crippen molar-refractivity contribution in [2.45, 2.75) is 51.3 Å². The first-order valence-corrected chi connectivity index (χ1v) is 12.4. The second-order valence-corrected chi connectivity index (χ2v) is 9.60. The summed E-state index contributed by atoms with van der Waals surface area (Å²) < 4.78 is 13.8. The highest BCUT2D eigenvalue weighted by Crippen LogP contribution is 2.29. The van der Waals surface area contributed by atoms with Gasteiger partial charge in [0.1, 0.15) is 18.1 Å². The molecule has 1 fully saturated rings. The van der Waals surface area contributed by atoms with Crippen molar-refractivity contribution in [2.75, 3.05) is 26.3 Å². The SMILES string of the molecule is Cc1ccc(Cl)c(OC[C@]2(O)CCCN(Cc3cccc(OCCCn4cccn4)c3)CC2)c1. The molecule has 0 bridgehead atoms. The molecule has 0 aliphatic carbocycles. The molecule has 6 nitrogen and oxygen atoms in total. The molecule has 2 heterocycles. The predicted molar refractivity (Wildman–Crippen MR) is 135 cm³/mol. The van der Waals surface area contributed by atoms with Crippen LogP contribution in [-0.4, -0.2) is 51.7 Å². The van der Waals surface area contributed by atoms with Crippen molar-refractivity contribution in [3.05, 3.63) is 77.1 Å². The van der Waals surface area contributed by atoms with Crippen molar-refractivity contribution < 1.29 is 14.6 Å². The molecule has 0 saturated carbocycles. The van der Waals surface area contributed by atoms with Crippen LogP contribution in [0, 0.1) is 6.92 Å². The van der Waals surface area contributed by atoms with Crippen molar-refractivity contribution in [3.8, 4) is 11.5 Å². The van der Waals surface area contributed by atoms with Gasteiger partial charge in [0.25, 0.3) is 0 Å². The molecule has 1 aliphatic rings. The first-order chi connectivity index (χ1) is 16.5. The van der Waals surface area contributed by atoms with Gasteiger partial charge >= 0.3 is 0 Å². The van der Waals surface area contributed by atoms with Crippen molar-refractivity contribution in [1.82, 2.24) is 14.7 Å². The van der Waals surface area contributed by atoms with E-state index in [2.05, 4.69) is 22.1 Å². The van der Waals surface area contributed by atoms with Crippen LogP contribution < -0.4 is 9.47 Å². The summed E-state index contributed by atoms with van der Waals surface area (Å²) in [4.78, 5) is 2.40. The number of aromatic nitrogens is 2. The quantitative estimate of drug-likeness (QED) is 0.406. The Labute approximate surface area is 207 Å². The Morgan fingerprint density at radius 1 is 1.09 bits per heavy atom. The molecule has 1 N–H and O–H groups in total. The Balaban J connectivity index is 1.24. The van der Waals surface area contributed by atoms with Gasteiger partial charge in [0.05, 0.1) is 17.2 Å². The molecule has 1 aliphatic heterocycles. The van der Waals surface area contributed by atoms with Crippen molar-refractivity contribution >= 4 is 11.6 Å². The van der Waals surface area contributed by atoms with Gasteiger partial charge < -0.3 is 14.6 Å². The zero-order chi connectivity index (χ0) is 23.8. The first-order valence-electron chi connectivity index (χ1n) is 12.0. The maximum atomic E-state index is 11.2. The number of aryl methyl sites for hydroxylation is 2. The van der Waals surface area contributed by atoms with Gasteiger partial charge in [-0.3, -0.25) is 9.58 Å². The Bertz CT molecular complexity index is 1040. The lowest BCUT2D eigenvalue weighted by molar-refractivity contribution is -0.0168. The third-order valence-electron chi connectivity index (χ3n) is 6.26. The van der Waals surface area contributed by atoms with Gasteiger partial charge in [0.15, 0.2) is 0 Å². The van der Waals surface area contributed by atoms with Gasteiger partial charge in [0.2, 0.25) is 0 Å². The van der Waals surface area contributed by atoms with Crippen molar-refractivity contribution in [1.29, 1.82) is 0 Å². The molecule has 34 heavy (non-hydrogen) atoms. The normalized spacial score (nSPS) is 19.0. The predicted octanol–water partition coefficient (Wildman–Crippen LogP) is 5.11. The van der Waals surface area contributed by atoms with Crippen molar-refractivity contribution in [2.24, 2.45) is 0 Å². The number of nitrogens with zero attached hydrogens (tertiary/aromatic N) is 3. The summed E-state index contributed by atoms with van der Waals surface area (Å²) in [5.74, 6) is 1.53. The number of likely N-dealkylation sites (tertiary alicyclic amines) is 1. The molecule has 0 radical (unpaired) electrons. The summed E-state index contributed by atoms with van der Waals surface area (Å²) >= 11 is 6.25. The maximum absolute atomic E-state index is 11.2. The van der Waals surface area contributed by atoms with Crippen LogP contribution in [0.5, 0.6) is 11.5 Å². The van der Waals surface area contributed by atoms with Crippen LogP contribution in [0.3, 0.4) is 0 Å². The third kappa shape index (κ3) is 7.23. The summed E-state index contributed by atoms with van der Waals surface area (Å²) in [6.07, 6.45) is 6.97. The highest BCUT2D eigenvalue weighted by molar-refractivity contribution is 6.32. The fraction of sp³-hybridized carbons (Fsp3) is 0.444. The molecular formula is C27H34ClN3O3. The van der Waals surface area contributed by atoms with Crippen LogP contribution >= 0.6 is 11.6 Å². The van der Waals surface area contributed by atoms with Gasteiger partial charge in [-0.05, 0) is 74.2 Å². The number of rotatable bonds is 10. The average Bonchev–Trinajstić information content (AvgIpc) is 3.28. The van der Waals surface area contributed by atoms with Crippen LogP contribution in [0.15, 0.2) is 60.9 Å². The fourth-order valence-corrected chi connectivity index (χ4v) is 4.48. The number of aliphatic hydroxyl groups is 1. The third-order valence-corrected chi connectivity index (χ3v) is 6.57. The first kappa shape index (κ1) is 24.6. The molecule has 1 saturated heterocycles. The summed E-state index contributed by atoms with van der Waals surface area (Å²) in [5, 5.41) is 16.0. The van der Waals surface area contributed by atoms with E-state index in [4.69, 9.17) is 21.1 Å². The Kier molecular flexibility index (Phi) is 8.48. The van der Waals surface area contributed by atoms with E-state index < -0.39 is 5.60 Å². The van der Waals surface area contributed by atoms with Gasteiger partial charge in [-0.25, -0.2) is 0 Å². The van der Waals surface area contributed by atoms with E-state index in [-0.39, 0.29) is 6.61 Å². The second kappa shape index (κ2) is 11.7. The van der Waals surface area contributed by atoms with E-state index >= 15 is 0 Å². The van der Waals surface area contributed by atoms with Crippen LogP contribution in [0.2, 0.25) is 5.02 Å². The topological polar surface area (TPSA) is 59.8 Å². The minimum Gasteiger partial charge on any atom is -0.494 e. The monoisotopic (exact) mass is 483 g/mol. The fourth-order valence-electron chi connectivity index (χ4n) is 4.31.